The fraction of sp³-hybridized carbons (Fsp3) is 0.571. The Hall–Kier alpha value is -0.820. The summed E-state index contributed by atoms with van der Waals surface area (Å²) in [4.78, 5) is 0. The molecule has 1 aromatic rings. The quantitative estimate of drug-likeness (QED) is 0.806. The van der Waals surface area contributed by atoms with Crippen molar-refractivity contribution in [3.63, 3.8) is 0 Å². The van der Waals surface area contributed by atoms with Crippen LogP contribution in [0, 0.1) is 18.3 Å². The molecule has 0 aliphatic heterocycles. The van der Waals surface area contributed by atoms with E-state index >= 15 is 0 Å². The minimum absolute atomic E-state index is 0.289. The highest BCUT2D eigenvalue weighted by Crippen LogP contribution is 2.28. The van der Waals surface area contributed by atoms with Crippen molar-refractivity contribution >= 4 is 0 Å². The van der Waals surface area contributed by atoms with Crippen LogP contribution in [0.1, 0.15) is 31.9 Å². The maximum absolute atomic E-state index is 5.86. The molecular weight excluding hydrogens is 182 g/mol. The van der Waals surface area contributed by atoms with E-state index in [4.69, 9.17) is 5.73 Å². The summed E-state index contributed by atoms with van der Waals surface area (Å²) in [5.74, 6) is 0.554. The first-order chi connectivity index (χ1) is 6.95. The lowest BCUT2D eigenvalue weighted by Gasteiger charge is -2.30. The van der Waals surface area contributed by atoms with Crippen molar-refractivity contribution in [2.45, 2.75) is 34.1 Å². The first kappa shape index (κ1) is 12.3. The number of aryl methyl sites for hydroxylation is 1. The Kier molecular flexibility index (Phi) is 3.92. The summed E-state index contributed by atoms with van der Waals surface area (Å²) >= 11 is 0. The molecule has 0 aliphatic carbocycles. The van der Waals surface area contributed by atoms with Gasteiger partial charge in [-0.3, -0.25) is 0 Å². The molecule has 0 aromatic heterocycles. The van der Waals surface area contributed by atoms with E-state index in [9.17, 15) is 0 Å². The second-order valence-corrected chi connectivity index (χ2v) is 5.43. The maximum Gasteiger partial charge on any atom is -0.00407 e. The van der Waals surface area contributed by atoms with Gasteiger partial charge in [0, 0.05) is 0 Å². The molecule has 0 aliphatic rings. The van der Waals surface area contributed by atoms with Gasteiger partial charge in [0.05, 0.1) is 0 Å². The van der Waals surface area contributed by atoms with Crippen molar-refractivity contribution in [2.24, 2.45) is 17.1 Å². The lowest BCUT2D eigenvalue weighted by atomic mass is 9.77. The van der Waals surface area contributed by atoms with Gasteiger partial charge in [-0.05, 0) is 42.3 Å². The Bertz CT molecular complexity index is 309. The third kappa shape index (κ3) is 3.35. The second-order valence-electron chi connectivity index (χ2n) is 5.43. The Balaban J connectivity index is 2.80. The number of hydrogen-bond acceptors (Lipinski definition) is 1. The van der Waals surface area contributed by atoms with Crippen molar-refractivity contribution in [1.82, 2.24) is 0 Å². The molecule has 0 fully saturated rings. The minimum Gasteiger partial charge on any atom is -0.330 e. The molecule has 1 unspecified atom stereocenters. The topological polar surface area (TPSA) is 26.0 Å². The molecule has 0 spiro atoms. The van der Waals surface area contributed by atoms with E-state index in [-0.39, 0.29) is 5.41 Å². The van der Waals surface area contributed by atoms with Crippen molar-refractivity contribution in [3.8, 4) is 0 Å². The number of hydrogen-bond donors (Lipinski definition) is 1. The molecule has 1 aromatic carbocycles. The largest absolute Gasteiger partial charge is 0.330 e. The zero-order valence-electron chi connectivity index (χ0n) is 10.4. The molecular formula is C14H23N. The van der Waals surface area contributed by atoms with E-state index in [1.807, 2.05) is 0 Å². The summed E-state index contributed by atoms with van der Waals surface area (Å²) in [6.45, 7) is 9.73. The van der Waals surface area contributed by atoms with Gasteiger partial charge in [-0.2, -0.15) is 0 Å². The Morgan fingerprint density at radius 1 is 1.20 bits per heavy atom. The molecule has 1 atom stereocenters. The summed E-state index contributed by atoms with van der Waals surface area (Å²) in [5, 5.41) is 0. The van der Waals surface area contributed by atoms with Crippen molar-refractivity contribution < 1.29 is 0 Å². The molecule has 0 radical (unpaired) electrons. The van der Waals surface area contributed by atoms with Crippen molar-refractivity contribution in [1.29, 1.82) is 0 Å². The van der Waals surface area contributed by atoms with E-state index in [0.29, 0.717) is 5.92 Å². The fourth-order valence-electron chi connectivity index (χ4n) is 1.85. The molecule has 1 heteroatoms. The lowest BCUT2D eigenvalue weighted by molar-refractivity contribution is 0.245. The summed E-state index contributed by atoms with van der Waals surface area (Å²) < 4.78 is 0. The highest BCUT2D eigenvalue weighted by molar-refractivity contribution is 5.26. The fourth-order valence-corrected chi connectivity index (χ4v) is 1.85. The van der Waals surface area contributed by atoms with Crippen LogP contribution in [0.25, 0.3) is 0 Å². The Labute approximate surface area is 93.7 Å². The molecule has 0 saturated heterocycles. The molecule has 84 valence electrons. The van der Waals surface area contributed by atoms with Crippen LogP contribution in [0.2, 0.25) is 0 Å². The molecule has 1 rings (SSSR count). The monoisotopic (exact) mass is 205 g/mol. The van der Waals surface area contributed by atoms with E-state index in [1.165, 1.54) is 11.1 Å². The van der Waals surface area contributed by atoms with Crippen LogP contribution >= 0.6 is 0 Å². The maximum atomic E-state index is 5.86. The van der Waals surface area contributed by atoms with E-state index in [2.05, 4.69) is 52.0 Å². The van der Waals surface area contributed by atoms with Gasteiger partial charge < -0.3 is 5.73 Å². The van der Waals surface area contributed by atoms with Gasteiger partial charge in [0.2, 0.25) is 0 Å². The average Bonchev–Trinajstić information content (AvgIpc) is 2.14. The van der Waals surface area contributed by atoms with Gasteiger partial charge in [-0.15, -0.1) is 0 Å². The number of rotatable bonds is 3. The van der Waals surface area contributed by atoms with Crippen molar-refractivity contribution in [2.75, 3.05) is 6.54 Å². The normalized spacial score (nSPS) is 13.9. The summed E-state index contributed by atoms with van der Waals surface area (Å²) in [7, 11) is 0. The minimum atomic E-state index is 0.289. The first-order valence-electron chi connectivity index (χ1n) is 5.69. The van der Waals surface area contributed by atoms with Crippen LogP contribution in [0.15, 0.2) is 24.3 Å². The highest BCUT2D eigenvalue weighted by atomic mass is 14.6. The van der Waals surface area contributed by atoms with Gasteiger partial charge >= 0.3 is 0 Å². The number of nitrogens with two attached hydrogens (primary N) is 1. The predicted molar refractivity (Wildman–Crippen MR) is 66.9 cm³/mol. The van der Waals surface area contributed by atoms with Crippen LogP contribution < -0.4 is 5.73 Å². The summed E-state index contributed by atoms with van der Waals surface area (Å²) in [6, 6.07) is 8.58. The van der Waals surface area contributed by atoms with Crippen LogP contribution in [0.3, 0.4) is 0 Å². The standard InChI is InChI=1S/C14H23N/c1-11-7-5-6-8-12(11)9-13(10-15)14(2,3)4/h5-8,13H,9-10,15H2,1-4H3. The van der Waals surface area contributed by atoms with Gasteiger partial charge in [-0.1, -0.05) is 45.0 Å². The Morgan fingerprint density at radius 2 is 1.80 bits per heavy atom. The van der Waals surface area contributed by atoms with E-state index in [1.54, 1.807) is 0 Å². The SMILES string of the molecule is Cc1ccccc1CC(CN)C(C)(C)C. The molecule has 2 N–H and O–H groups in total. The molecule has 0 amide bonds. The lowest BCUT2D eigenvalue weighted by Crippen LogP contribution is -2.30. The highest BCUT2D eigenvalue weighted by Gasteiger charge is 2.23. The van der Waals surface area contributed by atoms with Gasteiger partial charge in [0.25, 0.3) is 0 Å². The molecule has 0 saturated carbocycles. The third-order valence-corrected chi connectivity index (χ3v) is 3.24. The van der Waals surface area contributed by atoms with Gasteiger partial charge in [0.1, 0.15) is 0 Å². The van der Waals surface area contributed by atoms with Crippen LogP contribution in [0.5, 0.6) is 0 Å². The van der Waals surface area contributed by atoms with E-state index < -0.39 is 0 Å². The second kappa shape index (κ2) is 4.80. The van der Waals surface area contributed by atoms with Crippen LogP contribution in [0.4, 0.5) is 0 Å². The zero-order chi connectivity index (χ0) is 11.5. The average molecular weight is 205 g/mol. The van der Waals surface area contributed by atoms with Crippen molar-refractivity contribution in [3.05, 3.63) is 35.4 Å². The molecule has 0 heterocycles. The predicted octanol–water partition coefficient (Wildman–Crippen LogP) is 3.16. The summed E-state index contributed by atoms with van der Waals surface area (Å²) in [6.07, 6.45) is 1.09. The third-order valence-electron chi connectivity index (χ3n) is 3.24. The van der Waals surface area contributed by atoms with Gasteiger partial charge in [-0.25, -0.2) is 0 Å². The smallest absolute Gasteiger partial charge is 0.00407 e. The van der Waals surface area contributed by atoms with Crippen LogP contribution in [-0.4, -0.2) is 6.54 Å². The first-order valence-corrected chi connectivity index (χ1v) is 5.69. The molecule has 0 bridgehead atoms. The summed E-state index contributed by atoms with van der Waals surface area (Å²) in [5.41, 5.74) is 8.95. The van der Waals surface area contributed by atoms with Crippen LogP contribution in [-0.2, 0) is 6.42 Å². The van der Waals surface area contributed by atoms with E-state index in [0.717, 1.165) is 13.0 Å². The number of benzene rings is 1. The zero-order valence-corrected chi connectivity index (χ0v) is 10.4. The molecule has 1 nitrogen and oxygen atoms in total. The van der Waals surface area contributed by atoms with Gasteiger partial charge in [0.15, 0.2) is 0 Å². The Morgan fingerprint density at radius 3 is 2.27 bits per heavy atom. The molecule has 15 heavy (non-hydrogen) atoms.